The first kappa shape index (κ1) is 11.7. The molecule has 0 aromatic heterocycles. The van der Waals surface area contributed by atoms with Crippen molar-refractivity contribution in [3.8, 4) is 0 Å². The highest BCUT2D eigenvalue weighted by atomic mass is 35.5. The third-order valence-corrected chi connectivity index (χ3v) is 2.87. The summed E-state index contributed by atoms with van der Waals surface area (Å²) in [6, 6.07) is 4.91. The maximum Gasteiger partial charge on any atom is 0.332 e. The van der Waals surface area contributed by atoms with Crippen LogP contribution in [0.2, 0.25) is 5.02 Å². The summed E-state index contributed by atoms with van der Waals surface area (Å²) in [6.07, 6.45) is 0.282. The van der Waals surface area contributed by atoms with Crippen LogP contribution in [-0.2, 0) is 9.59 Å². The SMILES string of the molecule is CCC(C(=O)O)=C1C(=O)Nc2ccc(Cl)cc21. The molecule has 0 saturated carbocycles. The van der Waals surface area contributed by atoms with Gasteiger partial charge in [-0.15, -0.1) is 0 Å². The molecule has 1 aliphatic rings. The van der Waals surface area contributed by atoms with Crippen molar-refractivity contribution in [3.63, 3.8) is 0 Å². The van der Waals surface area contributed by atoms with Crippen LogP contribution >= 0.6 is 11.6 Å². The Balaban J connectivity index is 2.69. The molecule has 1 aliphatic heterocycles. The Morgan fingerprint density at radius 3 is 2.76 bits per heavy atom. The van der Waals surface area contributed by atoms with E-state index >= 15 is 0 Å². The molecule has 0 aliphatic carbocycles. The molecule has 1 amide bonds. The second kappa shape index (κ2) is 4.22. The summed E-state index contributed by atoms with van der Waals surface area (Å²) < 4.78 is 0. The summed E-state index contributed by atoms with van der Waals surface area (Å²) in [5.74, 6) is -1.47. The van der Waals surface area contributed by atoms with E-state index in [1.54, 1.807) is 25.1 Å². The second-order valence-corrected chi connectivity index (χ2v) is 4.09. The zero-order valence-corrected chi connectivity index (χ0v) is 9.84. The quantitative estimate of drug-likeness (QED) is 0.794. The highest BCUT2D eigenvalue weighted by molar-refractivity contribution is 6.36. The number of hydrogen-bond donors (Lipinski definition) is 2. The van der Waals surface area contributed by atoms with Gasteiger partial charge >= 0.3 is 5.97 Å². The Kier molecular flexibility index (Phi) is 2.90. The smallest absolute Gasteiger partial charge is 0.332 e. The number of halogens is 1. The van der Waals surface area contributed by atoms with E-state index in [2.05, 4.69) is 5.32 Å². The van der Waals surface area contributed by atoms with Gasteiger partial charge in [-0.25, -0.2) is 4.79 Å². The van der Waals surface area contributed by atoms with Crippen LogP contribution in [0.15, 0.2) is 23.8 Å². The van der Waals surface area contributed by atoms with Crippen molar-refractivity contribution < 1.29 is 14.7 Å². The van der Waals surface area contributed by atoms with E-state index < -0.39 is 5.97 Å². The van der Waals surface area contributed by atoms with Crippen molar-refractivity contribution in [1.29, 1.82) is 0 Å². The monoisotopic (exact) mass is 251 g/mol. The van der Waals surface area contributed by atoms with Gasteiger partial charge in [0.05, 0.1) is 11.1 Å². The first-order valence-corrected chi connectivity index (χ1v) is 5.50. The lowest BCUT2D eigenvalue weighted by atomic mass is 9.99. The number of carboxylic acids is 1. The number of carboxylic acid groups (broad SMARTS) is 1. The Morgan fingerprint density at radius 2 is 2.18 bits per heavy atom. The normalized spacial score (nSPS) is 16.5. The fourth-order valence-electron chi connectivity index (χ4n) is 1.87. The van der Waals surface area contributed by atoms with Gasteiger partial charge in [-0.2, -0.15) is 0 Å². The average molecular weight is 252 g/mol. The lowest BCUT2D eigenvalue weighted by molar-refractivity contribution is -0.132. The minimum atomic E-state index is -1.08. The van der Waals surface area contributed by atoms with E-state index in [-0.39, 0.29) is 23.5 Å². The van der Waals surface area contributed by atoms with Crippen LogP contribution in [0.4, 0.5) is 5.69 Å². The summed E-state index contributed by atoms with van der Waals surface area (Å²) in [4.78, 5) is 22.9. The van der Waals surface area contributed by atoms with E-state index in [4.69, 9.17) is 16.7 Å². The number of nitrogens with one attached hydrogen (secondary N) is 1. The topological polar surface area (TPSA) is 66.4 Å². The fourth-order valence-corrected chi connectivity index (χ4v) is 2.05. The van der Waals surface area contributed by atoms with Gasteiger partial charge in [-0.3, -0.25) is 4.79 Å². The zero-order valence-electron chi connectivity index (χ0n) is 9.08. The molecule has 5 heteroatoms. The predicted molar refractivity (Wildman–Crippen MR) is 64.9 cm³/mol. The molecule has 0 fully saturated rings. The van der Waals surface area contributed by atoms with Gasteiger partial charge in [-0.1, -0.05) is 18.5 Å². The van der Waals surface area contributed by atoms with Crippen LogP contribution < -0.4 is 5.32 Å². The molecule has 0 atom stereocenters. The maximum atomic E-state index is 11.8. The van der Waals surface area contributed by atoms with Crippen molar-refractivity contribution in [3.05, 3.63) is 34.4 Å². The predicted octanol–water partition coefficient (Wildman–Crippen LogP) is 2.54. The highest BCUT2D eigenvalue weighted by Gasteiger charge is 2.29. The summed E-state index contributed by atoms with van der Waals surface area (Å²) in [5, 5.41) is 12.2. The Hall–Kier alpha value is -1.81. The number of benzene rings is 1. The molecule has 4 nitrogen and oxygen atoms in total. The van der Waals surface area contributed by atoms with Gasteiger partial charge in [0.1, 0.15) is 0 Å². The second-order valence-electron chi connectivity index (χ2n) is 3.66. The van der Waals surface area contributed by atoms with Crippen LogP contribution in [0.25, 0.3) is 5.57 Å². The zero-order chi connectivity index (χ0) is 12.6. The van der Waals surface area contributed by atoms with Crippen LogP contribution in [0.5, 0.6) is 0 Å². The molecule has 1 aromatic carbocycles. The van der Waals surface area contributed by atoms with Gasteiger partial charge in [0.15, 0.2) is 0 Å². The van der Waals surface area contributed by atoms with Gasteiger partial charge in [0.25, 0.3) is 5.91 Å². The number of hydrogen-bond acceptors (Lipinski definition) is 2. The maximum absolute atomic E-state index is 11.8. The third kappa shape index (κ3) is 1.91. The standard InChI is InChI=1S/C12H10ClNO3/c1-2-7(12(16)17)10-8-5-6(13)3-4-9(8)14-11(10)15/h3-5H,2H2,1H3,(H,14,15)(H,16,17). The molecule has 2 N–H and O–H groups in total. The van der Waals surface area contributed by atoms with Gasteiger partial charge < -0.3 is 10.4 Å². The molecule has 1 heterocycles. The van der Waals surface area contributed by atoms with Gasteiger partial charge in [0, 0.05) is 16.3 Å². The number of amides is 1. The summed E-state index contributed by atoms with van der Waals surface area (Å²) in [6.45, 7) is 1.70. The molecule has 2 rings (SSSR count). The van der Waals surface area contributed by atoms with E-state index in [9.17, 15) is 9.59 Å². The van der Waals surface area contributed by atoms with Crippen molar-refractivity contribution in [2.24, 2.45) is 0 Å². The minimum absolute atomic E-state index is 0.100. The first-order chi connectivity index (χ1) is 8.04. The van der Waals surface area contributed by atoms with Crippen molar-refractivity contribution in [2.45, 2.75) is 13.3 Å². The molecular formula is C12H10ClNO3. The summed E-state index contributed by atoms with van der Waals surface area (Å²) in [7, 11) is 0. The molecule has 0 radical (unpaired) electrons. The summed E-state index contributed by atoms with van der Waals surface area (Å²) in [5.41, 5.74) is 1.46. The Bertz CT molecular complexity index is 549. The Morgan fingerprint density at radius 1 is 1.47 bits per heavy atom. The van der Waals surface area contributed by atoms with E-state index in [0.717, 1.165) is 0 Å². The van der Waals surface area contributed by atoms with Crippen LogP contribution in [-0.4, -0.2) is 17.0 Å². The molecule has 17 heavy (non-hydrogen) atoms. The molecule has 0 unspecified atom stereocenters. The summed E-state index contributed by atoms with van der Waals surface area (Å²) >= 11 is 5.85. The number of carbonyl (C=O) groups excluding carboxylic acids is 1. The third-order valence-electron chi connectivity index (χ3n) is 2.64. The first-order valence-electron chi connectivity index (χ1n) is 5.12. The molecule has 0 bridgehead atoms. The Labute approximate surface area is 103 Å². The lowest BCUT2D eigenvalue weighted by Gasteiger charge is -2.03. The van der Waals surface area contributed by atoms with Crippen LogP contribution in [0.1, 0.15) is 18.9 Å². The average Bonchev–Trinajstić information content (AvgIpc) is 2.56. The van der Waals surface area contributed by atoms with E-state index in [1.807, 2.05) is 0 Å². The molecule has 88 valence electrons. The minimum Gasteiger partial charge on any atom is -0.478 e. The molecule has 0 saturated heterocycles. The van der Waals surface area contributed by atoms with E-state index in [1.165, 1.54) is 0 Å². The van der Waals surface area contributed by atoms with E-state index in [0.29, 0.717) is 16.3 Å². The number of fused-ring (bicyclic) bond motifs is 1. The molecular weight excluding hydrogens is 242 g/mol. The number of aliphatic carboxylic acids is 1. The largest absolute Gasteiger partial charge is 0.478 e. The fraction of sp³-hybridized carbons (Fsp3) is 0.167. The van der Waals surface area contributed by atoms with Crippen LogP contribution in [0, 0.1) is 0 Å². The number of rotatable bonds is 2. The van der Waals surface area contributed by atoms with Crippen LogP contribution in [0.3, 0.4) is 0 Å². The molecule has 0 spiro atoms. The van der Waals surface area contributed by atoms with Gasteiger partial charge in [0.2, 0.25) is 0 Å². The van der Waals surface area contributed by atoms with Crippen molar-refractivity contribution >= 4 is 34.7 Å². The van der Waals surface area contributed by atoms with Crippen molar-refractivity contribution in [1.82, 2.24) is 0 Å². The lowest BCUT2D eigenvalue weighted by Crippen LogP contribution is -2.10. The number of anilines is 1. The van der Waals surface area contributed by atoms with Gasteiger partial charge in [-0.05, 0) is 24.6 Å². The highest BCUT2D eigenvalue weighted by Crippen LogP contribution is 2.36. The number of carbonyl (C=O) groups is 2. The van der Waals surface area contributed by atoms with Crippen molar-refractivity contribution in [2.75, 3.05) is 5.32 Å². The molecule has 1 aromatic rings.